The van der Waals surface area contributed by atoms with E-state index in [1.165, 1.54) is 0 Å². The van der Waals surface area contributed by atoms with Crippen LogP contribution in [0, 0.1) is 0 Å². The third-order valence-electron chi connectivity index (χ3n) is 7.21. The van der Waals surface area contributed by atoms with Gasteiger partial charge < -0.3 is 29.6 Å². The first-order valence-corrected chi connectivity index (χ1v) is 12.4. The number of pyridine rings is 2. The summed E-state index contributed by atoms with van der Waals surface area (Å²) < 4.78 is 13.7. The molecule has 1 aromatic carbocycles. The number of ketones is 1. The highest BCUT2D eigenvalue weighted by atomic mass is 16.5. The van der Waals surface area contributed by atoms with Crippen LogP contribution in [0.2, 0.25) is 0 Å². The average molecular weight is 509 g/mol. The Hall–Kier alpha value is -4.70. The largest absolute Gasteiger partial charge is 0.452 e. The maximum Gasteiger partial charge on any atom is 0.323 e. The summed E-state index contributed by atoms with van der Waals surface area (Å²) in [6, 6.07) is 10.4. The monoisotopic (exact) mass is 508 g/mol. The molecular formula is C28H24N6O4. The molecule has 6 heterocycles. The number of Topliss-reactive ketones (excluding diaryl/α,β-unsaturated/α-hetero) is 1. The van der Waals surface area contributed by atoms with Crippen molar-refractivity contribution in [3.63, 3.8) is 0 Å². The van der Waals surface area contributed by atoms with E-state index in [1.54, 1.807) is 48.8 Å². The van der Waals surface area contributed by atoms with E-state index >= 15 is 0 Å². The summed E-state index contributed by atoms with van der Waals surface area (Å²) in [5.74, 6) is 0.435. The first-order chi connectivity index (χ1) is 18.5. The quantitative estimate of drug-likeness (QED) is 0.398. The van der Waals surface area contributed by atoms with Gasteiger partial charge in [-0.2, -0.15) is 0 Å². The zero-order valence-electron chi connectivity index (χ0n) is 20.5. The molecule has 0 saturated carbocycles. The van der Waals surface area contributed by atoms with Gasteiger partial charge in [0.1, 0.15) is 11.4 Å². The molecule has 4 aromatic rings. The third kappa shape index (κ3) is 3.77. The predicted octanol–water partition coefficient (Wildman–Crippen LogP) is 4.21. The summed E-state index contributed by atoms with van der Waals surface area (Å²) in [5.41, 5.74) is 4.22. The molecule has 2 bridgehead atoms. The van der Waals surface area contributed by atoms with Gasteiger partial charge in [0, 0.05) is 48.8 Å². The highest BCUT2D eigenvalue weighted by Gasteiger charge is 2.40. The lowest BCUT2D eigenvalue weighted by Gasteiger charge is -2.29. The van der Waals surface area contributed by atoms with Crippen molar-refractivity contribution in [1.29, 1.82) is 0 Å². The standard InChI is InChI=1S/C28H24N6O4/c1-33-13-16(25-22(6-8-30-27(25)33)34-14-20-11-19(34)15-37-20)9-24-26(35)21-10-17(4-5-23(21)38-24)31-28(36)32-18-3-2-7-29-12-18/h2-10,12-13,19-20H,11,14-15H2,1H3,(H2,31,32,36). The number of urea groups is 1. The number of benzene rings is 1. The van der Waals surface area contributed by atoms with Crippen molar-refractivity contribution in [1.82, 2.24) is 14.5 Å². The van der Waals surface area contributed by atoms with Crippen LogP contribution in [0.4, 0.5) is 21.9 Å². The number of fused-ring (bicyclic) bond motifs is 4. The maximum atomic E-state index is 13.3. The van der Waals surface area contributed by atoms with Gasteiger partial charge in [0.15, 0.2) is 5.76 Å². The molecule has 3 aliphatic heterocycles. The average Bonchev–Trinajstić information content (AvgIpc) is 3.69. The number of carbonyl (C=O) groups is 2. The number of rotatable bonds is 4. The highest BCUT2D eigenvalue weighted by Crippen LogP contribution is 2.40. The van der Waals surface area contributed by atoms with Crippen LogP contribution in [0.5, 0.6) is 5.75 Å². The van der Waals surface area contributed by atoms with E-state index in [-0.39, 0.29) is 17.6 Å². The number of hydrogen-bond donors (Lipinski definition) is 2. The number of aromatic nitrogens is 3. The molecule has 0 spiro atoms. The van der Waals surface area contributed by atoms with Crippen LogP contribution in [-0.2, 0) is 11.8 Å². The van der Waals surface area contributed by atoms with E-state index in [4.69, 9.17) is 9.47 Å². The van der Waals surface area contributed by atoms with Crippen LogP contribution >= 0.6 is 0 Å². The molecule has 0 aliphatic carbocycles. The highest BCUT2D eigenvalue weighted by molar-refractivity contribution is 6.16. The van der Waals surface area contributed by atoms with Gasteiger partial charge in [0.2, 0.25) is 5.78 Å². The number of hydrogen-bond acceptors (Lipinski definition) is 7. The van der Waals surface area contributed by atoms with Crippen LogP contribution in [0.15, 0.2) is 66.9 Å². The number of nitrogens with one attached hydrogen (secondary N) is 2. The minimum atomic E-state index is -0.433. The fraction of sp³-hybridized carbons (Fsp3) is 0.214. The molecule has 2 N–H and O–H groups in total. The first-order valence-electron chi connectivity index (χ1n) is 12.4. The number of carbonyl (C=O) groups excluding carboxylic acids is 2. The number of aryl methyl sites for hydroxylation is 1. The summed E-state index contributed by atoms with van der Waals surface area (Å²) in [7, 11) is 1.95. The summed E-state index contributed by atoms with van der Waals surface area (Å²) in [5, 5.41) is 6.44. The van der Waals surface area contributed by atoms with Crippen LogP contribution in [0.25, 0.3) is 17.1 Å². The predicted molar refractivity (Wildman–Crippen MR) is 142 cm³/mol. The smallest absolute Gasteiger partial charge is 0.323 e. The van der Waals surface area contributed by atoms with Crippen LogP contribution in [0.3, 0.4) is 0 Å². The minimum Gasteiger partial charge on any atom is -0.452 e. The van der Waals surface area contributed by atoms with E-state index < -0.39 is 6.03 Å². The third-order valence-corrected chi connectivity index (χ3v) is 7.21. The van der Waals surface area contributed by atoms with Crippen molar-refractivity contribution in [3.05, 3.63) is 78.1 Å². The van der Waals surface area contributed by atoms with Crippen molar-refractivity contribution in [3.8, 4) is 5.75 Å². The molecular weight excluding hydrogens is 484 g/mol. The van der Waals surface area contributed by atoms with Crippen molar-refractivity contribution in [2.24, 2.45) is 7.05 Å². The van der Waals surface area contributed by atoms with Gasteiger partial charge in [0.05, 0.1) is 41.9 Å². The second-order valence-electron chi connectivity index (χ2n) is 9.69. The van der Waals surface area contributed by atoms with Crippen molar-refractivity contribution in [2.75, 3.05) is 28.7 Å². The molecule has 10 heteroatoms. The Morgan fingerprint density at radius 3 is 2.84 bits per heavy atom. The van der Waals surface area contributed by atoms with E-state index in [2.05, 4.69) is 25.5 Å². The lowest BCUT2D eigenvalue weighted by molar-refractivity contribution is 0.0992. The normalized spacial score (nSPS) is 20.7. The van der Waals surface area contributed by atoms with E-state index in [1.807, 2.05) is 30.1 Å². The number of amides is 2. The Morgan fingerprint density at radius 1 is 1.16 bits per heavy atom. The molecule has 38 heavy (non-hydrogen) atoms. The Kier molecular flexibility index (Phi) is 5.15. The summed E-state index contributed by atoms with van der Waals surface area (Å²) in [6.07, 6.45) is 10.0. The molecule has 0 radical (unpaired) electrons. The second-order valence-corrected chi connectivity index (χ2v) is 9.69. The number of nitrogens with zero attached hydrogens (tertiary/aromatic N) is 4. The molecule has 2 unspecified atom stereocenters. The Morgan fingerprint density at radius 2 is 2.05 bits per heavy atom. The number of morpholine rings is 1. The van der Waals surface area contributed by atoms with E-state index in [9.17, 15) is 9.59 Å². The summed E-state index contributed by atoms with van der Waals surface area (Å²) >= 11 is 0. The van der Waals surface area contributed by atoms with Crippen LogP contribution < -0.4 is 20.3 Å². The van der Waals surface area contributed by atoms with Gasteiger partial charge in [-0.1, -0.05) is 0 Å². The molecule has 2 saturated heterocycles. The van der Waals surface area contributed by atoms with Crippen molar-refractivity contribution >= 4 is 46.0 Å². The van der Waals surface area contributed by atoms with E-state index in [0.717, 1.165) is 41.9 Å². The lowest BCUT2D eigenvalue weighted by Crippen LogP contribution is -2.37. The van der Waals surface area contributed by atoms with Gasteiger partial charge >= 0.3 is 6.03 Å². The Labute approximate surface area is 217 Å². The van der Waals surface area contributed by atoms with E-state index in [0.29, 0.717) is 28.7 Å². The Balaban J connectivity index is 1.17. The molecule has 7 rings (SSSR count). The van der Waals surface area contributed by atoms with Crippen molar-refractivity contribution in [2.45, 2.75) is 18.6 Å². The van der Waals surface area contributed by atoms with Crippen molar-refractivity contribution < 1.29 is 19.1 Å². The topological polar surface area (TPSA) is 111 Å². The van der Waals surface area contributed by atoms with Gasteiger partial charge in [-0.05, 0) is 48.9 Å². The summed E-state index contributed by atoms with van der Waals surface area (Å²) in [6.45, 7) is 1.57. The molecule has 10 nitrogen and oxygen atoms in total. The maximum absolute atomic E-state index is 13.3. The molecule has 2 fully saturated rings. The van der Waals surface area contributed by atoms with Crippen LogP contribution in [0.1, 0.15) is 22.3 Å². The number of ether oxygens (including phenoxy) is 2. The zero-order valence-corrected chi connectivity index (χ0v) is 20.5. The molecule has 3 aliphatic rings. The zero-order chi connectivity index (χ0) is 25.8. The minimum absolute atomic E-state index is 0.227. The number of allylic oxidation sites excluding steroid dienone is 1. The van der Waals surface area contributed by atoms with Gasteiger partial charge in [0.25, 0.3) is 0 Å². The summed E-state index contributed by atoms with van der Waals surface area (Å²) in [4.78, 5) is 36.7. The SMILES string of the molecule is Cn1cc(C=C2Oc3ccc(NC(=O)Nc4cccnc4)cc3C2=O)c2c(N3CC4CC3CO4)ccnc21. The first kappa shape index (κ1) is 22.5. The number of anilines is 3. The molecule has 2 amide bonds. The fourth-order valence-electron chi connectivity index (χ4n) is 5.50. The Bertz CT molecular complexity index is 1630. The lowest BCUT2D eigenvalue weighted by atomic mass is 10.1. The molecule has 3 aromatic heterocycles. The second kappa shape index (κ2) is 8.70. The molecule has 2 atom stereocenters. The van der Waals surface area contributed by atoms with Gasteiger partial charge in [-0.25, -0.2) is 9.78 Å². The fourth-order valence-corrected chi connectivity index (χ4v) is 5.50. The van der Waals surface area contributed by atoms with Gasteiger partial charge in [-0.3, -0.25) is 9.78 Å². The van der Waals surface area contributed by atoms with Crippen LogP contribution in [-0.4, -0.2) is 51.6 Å². The molecule has 190 valence electrons. The van der Waals surface area contributed by atoms with Gasteiger partial charge in [-0.15, -0.1) is 0 Å².